The van der Waals surface area contributed by atoms with Crippen molar-refractivity contribution in [3.8, 4) is 67.3 Å². The fourth-order valence-electron chi connectivity index (χ4n) is 16.2. The average molecular weight is 1570 g/mol. The quantitative estimate of drug-likeness (QED) is 0.115. The SMILES string of the molecule is O=C1c2ccc3c4c(ccc(c24)C(=O)N1c1ccc(-c2ccncc2)cc1)C(=O)N(c1ccc(-c2ccncc2)cc1)C3=O.O=c1c2cc3c(=O)n(-c4ccc(-c5ccncc5)cc4)c(=O)c3cc2c(=O)n1-c1ccc(-c2ccncc2)cc1.O=c1c2cc3c(=O)n(-c4cccc5ncccc45)c(=O)c3cc2c(=O)n1-c1cccc2ncccc12. The normalized spacial score (nSPS) is 12.5. The maximum absolute atomic E-state index is 13.8. The fourth-order valence-corrected chi connectivity index (χ4v) is 16.2. The molecule has 0 spiro atoms. The molecule has 0 saturated heterocycles. The van der Waals surface area contributed by atoms with E-state index >= 15 is 0 Å². The second-order valence-electron chi connectivity index (χ2n) is 28.5. The third-order valence-electron chi connectivity index (χ3n) is 22.0. The van der Waals surface area contributed by atoms with Gasteiger partial charge in [0, 0.05) is 106 Å². The summed E-state index contributed by atoms with van der Waals surface area (Å²) in [5.74, 6) is -2.07. The number of carbonyl (C=O) groups is 4. The van der Waals surface area contributed by atoms with Gasteiger partial charge in [0.05, 0.1) is 88.2 Å². The van der Waals surface area contributed by atoms with E-state index in [2.05, 4.69) is 29.9 Å². The molecule has 568 valence electrons. The van der Waals surface area contributed by atoms with E-state index in [-0.39, 0.29) is 65.3 Å². The van der Waals surface area contributed by atoms with Gasteiger partial charge >= 0.3 is 0 Å². The Morgan fingerprint density at radius 1 is 0.192 bits per heavy atom. The summed E-state index contributed by atoms with van der Waals surface area (Å²) in [4.78, 5) is 189. The van der Waals surface area contributed by atoms with Crippen LogP contribution in [0.1, 0.15) is 41.4 Å². The maximum atomic E-state index is 13.8. The summed E-state index contributed by atoms with van der Waals surface area (Å²) in [5.41, 5.74) is 7.85. The Hall–Kier alpha value is -17.3. The third kappa shape index (κ3) is 11.5. The van der Waals surface area contributed by atoms with Gasteiger partial charge in [-0.3, -0.25) is 87.4 Å². The van der Waals surface area contributed by atoms with Crippen LogP contribution in [0.2, 0.25) is 0 Å². The van der Waals surface area contributed by atoms with Crippen molar-refractivity contribution in [2.45, 2.75) is 0 Å². The molecule has 0 radical (unpaired) electrons. The van der Waals surface area contributed by atoms with Crippen LogP contribution in [-0.2, 0) is 0 Å². The highest BCUT2D eigenvalue weighted by Gasteiger charge is 2.41. The molecule has 4 amide bonds. The molecule has 0 saturated carbocycles. The van der Waals surface area contributed by atoms with Gasteiger partial charge in [-0.15, -0.1) is 0 Å². The fraction of sp³-hybridized carbons (Fsp3) is 0. The van der Waals surface area contributed by atoms with Crippen molar-refractivity contribution >= 4 is 111 Å². The average Bonchev–Trinajstić information content (AvgIpc) is 1.49. The minimum Gasteiger partial charge on any atom is -0.268 e. The predicted molar refractivity (Wildman–Crippen MR) is 458 cm³/mol. The number of rotatable bonds is 10. The molecule has 22 rings (SSSR count). The summed E-state index contributed by atoms with van der Waals surface area (Å²) in [6, 6.07) is 72.4. The number of nitrogens with zero attached hydrogens (tertiary/aromatic N) is 12. The lowest BCUT2D eigenvalue weighted by atomic mass is 9.85. The minimum atomic E-state index is -0.554. The number of fused-ring (bicyclic) bond motifs is 6. The van der Waals surface area contributed by atoms with Crippen molar-refractivity contribution in [2.75, 3.05) is 9.80 Å². The number of benzene rings is 10. The van der Waals surface area contributed by atoms with Crippen molar-refractivity contribution in [3.63, 3.8) is 0 Å². The van der Waals surface area contributed by atoms with Gasteiger partial charge < -0.3 is 0 Å². The minimum absolute atomic E-state index is 0.0854. The molecule has 10 aromatic carbocycles. The smallest absolute Gasteiger partial charge is 0.266 e. The van der Waals surface area contributed by atoms with Crippen LogP contribution in [0.5, 0.6) is 0 Å². The predicted octanol–water partition coefficient (Wildman–Crippen LogP) is 13.6. The van der Waals surface area contributed by atoms with Gasteiger partial charge in [-0.2, -0.15) is 0 Å². The van der Waals surface area contributed by atoms with Gasteiger partial charge in [0.15, 0.2) is 0 Å². The van der Waals surface area contributed by atoms with Gasteiger partial charge in [0.25, 0.3) is 68.1 Å². The molecule has 0 N–H and O–H groups in total. The molecule has 2 aliphatic rings. The molecule has 0 aliphatic carbocycles. The Balaban J connectivity index is 0.000000116. The second kappa shape index (κ2) is 28.4. The number of anilines is 2. The van der Waals surface area contributed by atoms with Crippen LogP contribution < -0.4 is 54.3 Å². The monoisotopic (exact) mass is 1560 g/mol. The Labute approximate surface area is 673 Å². The summed E-state index contributed by atoms with van der Waals surface area (Å²) in [7, 11) is 0. The van der Waals surface area contributed by atoms with Crippen LogP contribution in [0.15, 0.2) is 355 Å². The van der Waals surface area contributed by atoms with Crippen molar-refractivity contribution in [2.24, 2.45) is 0 Å². The molecular formula is C96H52N12O12. The van der Waals surface area contributed by atoms with E-state index in [9.17, 15) is 57.5 Å². The summed E-state index contributed by atoms with van der Waals surface area (Å²) < 4.78 is 4.29. The number of hydrogen-bond donors (Lipinski definition) is 0. The van der Waals surface area contributed by atoms with E-state index < -0.39 is 68.1 Å². The number of aromatic nitrogens is 10. The lowest BCUT2D eigenvalue weighted by Gasteiger charge is -2.32. The van der Waals surface area contributed by atoms with Crippen molar-refractivity contribution in [1.82, 2.24) is 48.2 Å². The molecule has 12 heterocycles. The topological polar surface area (TPSA) is 308 Å². The van der Waals surface area contributed by atoms with E-state index in [1.807, 2.05) is 97.1 Å². The molecule has 0 bridgehead atoms. The second-order valence-corrected chi connectivity index (χ2v) is 28.5. The number of imide groups is 2. The standard InChI is InChI=1S/C36H20N4O4.C32H18N4O4.C28H14N4O4/c41-33-27-9-11-29-32-30(36(44)40(35(29)43)26-7-3-22(4-8-26)24-15-19-38-20-16-24)12-10-28(31(27)32)34(42)39(33)25-5-1-21(2-6-25)23-13-17-37-18-14-23;37-29-25-17-27-28(32(40)36(31(27)39)24-7-3-20(4-8-24)22-11-15-34-16-12-22)18-26(25)30(38)35(29)23-5-1-19(2-6-23)21-9-13-33-14-10-21;33-25-17-13-19-20(28(36)32(27(19)35)24-10-2-8-22-16(24)6-4-12-30-22)14-18(17)26(34)31(25)23-9-1-7-21-15(23)5-3-11-29-21/h1-20H;1-18H;1-14H. The molecule has 120 heavy (non-hydrogen) atoms. The molecule has 20 aromatic rings. The summed E-state index contributed by atoms with van der Waals surface area (Å²) in [5, 5.41) is 2.67. The maximum Gasteiger partial charge on any atom is 0.266 e. The van der Waals surface area contributed by atoms with Crippen LogP contribution in [0.25, 0.3) is 143 Å². The Kier molecular flexibility index (Phi) is 17.0. The molecule has 0 unspecified atom stereocenters. The highest BCUT2D eigenvalue weighted by molar-refractivity contribution is 6.42. The van der Waals surface area contributed by atoms with Gasteiger partial charge in [-0.25, -0.2) is 28.1 Å². The Morgan fingerprint density at radius 2 is 0.425 bits per heavy atom. The molecule has 2 aliphatic heterocycles. The molecule has 0 fully saturated rings. The zero-order chi connectivity index (χ0) is 81.9. The number of amides is 4. The van der Waals surface area contributed by atoms with Crippen LogP contribution in [0.3, 0.4) is 0 Å². The number of pyridine rings is 6. The molecular weight excluding hydrogens is 1510 g/mol. The van der Waals surface area contributed by atoms with Gasteiger partial charge in [-0.05, 0) is 239 Å². The molecule has 10 aromatic heterocycles. The van der Waals surface area contributed by atoms with Crippen LogP contribution in [-0.4, -0.2) is 71.8 Å². The highest BCUT2D eigenvalue weighted by atomic mass is 16.2. The van der Waals surface area contributed by atoms with E-state index in [4.69, 9.17) is 0 Å². The molecule has 24 heteroatoms. The van der Waals surface area contributed by atoms with Crippen molar-refractivity contribution in [1.29, 1.82) is 0 Å². The Bertz CT molecular complexity index is 7520. The number of carbonyl (C=O) groups excluding carboxylic acids is 4. The largest absolute Gasteiger partial charge is 0.268 e. The van der Waals surface area contributed by atoms with Crippen LogP contribution >= 0.6 is 0 Å². The van der Waals surface area contributed by atoms with Crippen LogP contribution in [0, 0.1) is 0 Å². The van der Waals surface area contributed by atoms with Crippen LogP contribution in [0.4, 0.5) is 11.4 Å². The molecule has 0 atom stereocenters. The summed E-state index contributed by atoms with van der Waals surface area (Å²) >= 11 is 0. The number of hydrogen-bond acceptors (Lipinski definition) is 18. The Morgan fingerprint density at radius 3 is 0.683 bits per heavy atom. The lowest BCUT2D eigenvalue weighted by molar-refractivity contribution is 0.0873. The van der Waals surface area contributed by atoms with Gasteiger partial charge in [0.1, 0.15) is 0 Å². The first-order chi connectivity index (χ1) is 58.6. The lowest BCUT2D eigenvalue weighted by Crippen LogP contribution is -2.43. The first-order valence-electron chi connectivity index (χ1n) is 37.5. The first-order valence-corrected chi connectivity index (χ1v) is 37.5. The van der Waals surface area contributed by atoms with E-state index in [1.54, 1.807) is 195 Å². The van der Waals surface area contributed by atoms with Crippen molar-refractivity contribution in [3.05, 3.63) is 422 Å². The van der Waals surface area contributed by atoms with E-state index in [0.29, 0.717) is 66.7 Å². The van der Waals surface area contributed by atoms with E-state index in [0.717, 1.165) is 72.6 Å². The highest BCUT2D eigenvalue weighted by Crippen LogP contribution is 2.41. The molecule has 24 nitrogen and oxygen atoms in total. The van der Waals surface area contributed by atoms with E-state index in [1.165, 1.54) is 24.3 Å². The summed E-state index contributed by atoms with van der Waals surface area (Å²) in [6.07, 6.45) is 16.8. The third-order valence-corrected chi connectivity index (χ3v) is 22.0. The van der Waals surface area contributed by atoms with Gasteiger partial charge in [-0.1, -0.05) is 60.7 Å². The van der Waals surface area contributed by atoms with Crippen molar-refractivity contribution < 1.29 is 19.2 Å². The zero-order valence-corrected chi connectivity index (χ0v) is 62.3. The first kappa shape index (κ1) is 71.7. The zero-order valence-electron chi connectivity index (χ0n) is 62.3. The van der Waals surface area contributed by atoms with Gasteiger partial charge in [0.2, 0.25) is 0 Å². The summed E-state index contributed by atoms with van der Waals surface area (Å²) in [6.45, 7) is 0.